The molecule has 0 aromatic rings. The molecule has 0 aliphatic heterocycles. The Balaban J connectivity index is 0. The van der Waals surface area contributed by atoms with Crippen LogP contribution in [0.5, 0.6) is 0 Å². The average Bonchev–Trinajstić information content (AvgIpc) is 1.39. The van der Waals surface area contributed by atoms with Gasteiger partial charge in [0.15, 0.2) is 0 Å². The topological polar surface area (TPSA) is 23.8 Å². The van der Waals surface area contributed by atoms with Crippen molar-refractivity contribution in [2.24, 2.45) is 0 Å². The first-order valence-electron chi connectivity index (χ1n) is 0.963. The van der Waals surface area contributed by atoms with Gasteiger partial charge in [0.05, 0.1) is 6.07 Å². The van der Waals surface area contributed by atoms with E-state index in [1.807, 2.05) is 0 Å². The molecule has 0 amide bonds. The summed E-state index contributed by atoms with van der Waals surface area (Å²) in [5.41, 5.74) is 0. The van der Waals surface area contributed by atoms with Crippen molar-refractivity contribution in [3.63, 3.8) is 0 Å². The molecule has 0 aliphatic rings. The third-order valence-corrected chi connectivity index (χ3v) is 0. The van der Waals surface area contributed by atoms with Gasteiger partial charge in [0.2, 0.25) is 0 Å². The van der Waals surface area contributed by atoms with Crippen LogP contribution >= 0.6 is 39.0 Å². The van der Waals surface area contributed by atoms with Crippen molar-refractivity contribution in [1.82, 2.24) is 0 Å². The molecular weight excluding hydrogens is 398 g/mol. The van der Waals surface area contributed by atoms with E-state index >= 15 is 0 Å². The molecule has 0 unspecified atom stereocenters. The standard InChI is InChI=1S/C2H3N.2HI.Pd/c1-2-3;;;/h1H3;2*1H;/q;;;+2/p-2. The van der Waals surface area contributed by atoms with Gasteiger partial charge in [-0.05, 0) is 0 Å². The molecule has 6 heavy (non-hydrogen) atoms. The average molecular weight is 401 g/mol. The third-order valence-electron chi connectivity index (χ3n) is 0. The molecule has 0 spiro atoms. The molecule has 0 saturated heterocycles. The fraction of sp³-hybridized carbons (Fsp3) is 0.500. The molecule has 0 aromatic carbocycles. The summed E-state index contributed by atoms with van der Waals surface area (Å²) < 4.78 is 0. The predicted molar refractivity (Wildman–Crippen MR) is 39.3 cm³/mol. The quantitative estimate of drug-likeness (QED) is 0.452. The molecule has 0 bridgehead atoms. The Hall–Kier alpha value is 1.61. The Morgan fingerprint density at radius 1 is 1.67 bits per heavy atom. The Morgan fingerprint density at radius 2 is 1.67 bits per heavy atom. The van der Waals surface area contributed by atoms with E-state index in [0.717, 1.165) is 10.8 Å². The van der Waals surface area contributed by atoms with E-state index in [1.54, 1.807) is 6.07 Å². The van der Waals surface area contributed by atoms with E-state index in [-0.39, 0.29) is 0 Å². The van der Waals surface area contributed by atoms with Crippen LogP contribution in [-0.4, -0.2) is 0 Å². The van der Waals surface area contributed by atoms with Crippen LogP contribution in [0.2, 0.25) is 0 Å². The van der Waals surface area contributed by atoms with Gasteiger partial charge in [-0.15, -0.1) is 0 Å². The number of nitrogens with zero attached hydrogens (tertiary/aromatic N) is 1. The summed E-state index contributed by atoms with van der Waals surface area (Å²) in [6.07, 6.45) is 0. The molecule has 4 heteroatoms. The first-order valence-corrected chi connectivity index (χ1v) is 10.2. The molecule has 0 rings (SSSR count). The zero-order chi connectivity index (χ0) is 5.41. The maximum atomic E-state index is 7.32. The van der Waals surface area contributed by atoms with E-state index in [0.29, 0.717) is 0 Å². The van der Waals surface area contributed by atoms with Crippen LogP contribution in [0.15, 0.2) is 0 Å². The normalized spacial score (nSPS) is 5.00. The van der Waals surface area contributed by atoms with Crippen molar-refractivity contribution < 1.29 is 10.8 Å². The summed E-state index contributed by atoms with van der Waals surface area (Å²) in [5, 5.41) is 7.32. The predicted octanol–water partition coefficient (Wildman–Crippen LogP) is 2.30. The molecule has 0 saturated carbocycles. The molecular formula is C2H3I2NPd. The van der Waals surface area contributed by atoms with E-state index in [9.17, 15) is 0 Å². The first-order chi connectivity index (χ1) is 2.83. The van der Waals surface area contributed by atoms with Crippen molar-refractivity contribution in [3.05, 3.63) is 0 Å². The summed E-state index contributed by atoms with van der Waals surface area (Å²) >= 11 is 4.65. The van der Waals surface area contributed by atoms with E-state index in [4.69, 9.17) is 5.26 Å². The third kappa shape index (κ3) is 45.9. The molecule has 0 heterocycles. The molecule has 0 fully saturated rings. The zero-order valence-corrected chi connectivity index (χ0v) is 8.89. The molecule has 0 aromatic heterocycles. The number of hydrogen-bond acceptors (Lipinski definition) is 1. The van der Waals surface area contributed by atoms with Gasteiger partial charge >= 0.3 is 49.8 Å². The Morgan fingerprint density at radius 3 is 1.67 bits per heavy atom. The van der Waals surface area contributed by atoms with Gasteiger partial charge in [-0.3, -0.25) is 0 Å². The van der Waals surface area contributed by atoms with Crippen LogP contribution in [-0.2, 0) is 10.8 Å². The second kappa shape index (κ2) is 16.0. The van der Waals surface area contributed by atoms with Crippen LogP contribution in [0.1, 0.15) is 6.92 Å². The van der Waals surface area contributed by atoms with Gasteiger partial charge in [0, 0.05) is 6.92 Å². The van der Waals surface area contributed by atoms with Crippen LogP contribution in [0, 0.1) is 11.3 Å². The van der Waals surface area contributed by atoms with Gasteiger partial charge in [-0.1, -0.05) is 0 Å². The number of halogens is 2. The molecule has 0 radical (unpaired) electrons. The Kier molecular flexibility index (Phi) is 28.1. The second-order valence-corrected chi connectivity index (χ2v) is 12.3. The van der Waals surface area contributed by atoms with Crippen LogP contribution < -0.4 is 0 Å². The minimum absolute atomic E-state index is 0.890. The van der Waals surface area contributed by atoms with Gasteiger partial charge in [0.1, 0.15) is 0 Å². The van der Waals surface area contributed by atoms with Crippen LogP contribution in [0.3, 0.4) is 0 Å². The molecule has 0 aliphatic carbocycles. The maximum absolute atomic E-state index is 7.32. The van der Waals surface area contributed by atoms with Gasteiger partial charge in [-0.25, -0.2) is 0 Å². The number of nitriles is 1. The molecule has 0 atom stereocenters. The zero-order valence-electron chi connectivity index (χ0n) is 3.02. The number of hydrogen-bond donors (Lipinski definition) is 0. The first kappa shape index (κ1) is 10.6. The fourth-order valence-electron chi connectivity index (χ4n) is 0. The van der Waals surface area contributed by atoms with E-state index in [2.05, 4.69) is 39.0 Å². The van der Waals surface area contributed by atoms with Crippen LogP contribution in [0.4, 0.5) is 0 Å². The van der Waals surface area contributed by atoms with Gasteiger partial charge < -0.3 is 0 Å². The Labute approximate surface area is 67.0 Å². The summed E-state index contributed by atoms with van der Waals surface area (Å²) in [4.78, 5) is 0. The summed E-state index contributed by atoms with van der Waals surface area (Å²) in [7, 11) is 0.890. The summed E-state index contributed by atoms with van der Waals surface area (Å²) in [5.74, 6) is 0. The van der Waals surface area contributed by atoms with E-state index in [1.165, 1.54) is 6.92 Å². The molecule has 40 valence electrons. The summed E-state index contributed by atoms with van der Waals surface area (Å²) in [6, 6.07) is 1.75. The second-order valence-electron chi connectivity index (χ2n) is 0.269. The van der Waals surface area contributed by atoms with Crippen molar-refractivity contribution in [1.29, 1.82) is 5.26 Å². The molecule has 0 N–H and O–H groups in total. The summed E-state index contributed by atoms with van der Waals surface area (Å²) in [6.45, 7) is 1.43. The minimum atomic E-state index is 0.890. The van der Waals surface area contributed by atoms with Crippen molar-refractivity contribution >= 4 is 39.0 Å². The Bertz CT molecular complexity index is 41.3. The number of rotatable bonds is 0. The van der Waals surface area contributed by atoms with Crippen LogP contribution in [0.25, 0.3) is 0 Å². The van der Waals surface area contributed by atoms with Gasteiger partial charge in [-0.2, -0.15) is 5.26 Å². The van der Waals surface area contributed by atoms with Crippen molar-refractivity contribution in [2.75, 3.05) is 0 Å². The fourth-order valence-corrected chi connectivity index (χ4v) is 0. The SMILES string of the molecule is CC#N.[I][Pd][I]. The van der Waals surface area contributed by atoms with Gasteiger partial charge in [0.25, 0.3) is 0 Å². The monoisotopic (exact) mass is 401 g/mol. The van der Waals surface area contributed by atoms with Crippen molar-refractivity contribution in [3.8, 4) is 6.07 Å². The molecule has 1 nitrogen and oxygen atoms in total. The van der Waals surface area contributed by atoms with E-state index < -0.39 is 0 Å². The van der Waals surface area contributed by atoms with Crippen molar-refractivity contribution in [2.45, 2.75) is 6.92 Å².